The molecule has 1 heterocycles. The van der Waals surface area contributed by atoms with E-state index < -0.39 is 0 Å². The van der Waals surface area contributed by atoms with Crippen molar-refractivity contribution in [1.82, 2.24) is 10.3 Å². The zero-order valence-corrected chi connectivity index (χ0v) is 14.5. The van der Waals surface area contributed by atoms with Gasteiger partial charge in [-0.1, -0.05) is 30.2 Å². The van der Waals surface area contributed by atoms with Gasteiger partial charge in [-0.05, 0) is 43.4 Å². The minimum Gasteiger partial charge on any atom is -0.344 e. The SMILES string of the molecule is CC(N)c1nc(C(=O)NC(c2ccc(Cl)cc2)C2CCC2)cs1. The van der Waals surface area contributed by atoms with Gasteiger partial charge in [0.2, 0.25) is 0 Å². The molecule has 122 valence electrons. The summed E-state index contributed by atoms with van der Waals surface area (Å²) in [6.07, 6.45) is 3.49. The molecule has 0 saturated heterocycles. The van der Waals surface area contributed by atoms with Crippen molar-refractivity contribution in [3.8, 4) is 0 Å². The number of aromatic nitrogens is 1. The van der Waals surface area contributed by atoms with Crippen LogP contribution in [0.2, 0.25) is 5.02 Å². The van der Waals surface area contributed by atoms with Crippen LogP contribution in [0.5, 0.6) is 0 Å². The van der Waals surface area contributed by atoms with Crippen molar-refractivity contribution >= 4 is 28.8 Å². The van der Waals surface area contributed by atoms with Crippen LogP contribution in [0.25, 0.3) is 0 Å². The second-order valence-electron chi connectivity index (χ2n) is 6.05. The number of amides is 1. The van der Waals surface area contributed by atoms with E-state index in [1.54, 1.807) is 5.38 Å². The number of hydrogen-bond acceptors (Lipinski definition) is 4. The average Bonchev–Trinajstić information content (AvgIpc) is 2.95. The van der Waals surface area contributed by atoms with Gasteiger partial charge in [0.25, 0.3) is 5.91 Å². The quantitative estimate of drug-likeness (QED) is 0.854. The number of hydrogen-bond donors (Lipinski definition) is 2. The van der Waals surface area contributed by atoms with E-state index in [0.29, 0.717) is 16.6 Å². The smallest absolute Gasteiger partial charge is 0.271 e. The largest absolute Gasteiger partial charge is 0.344 e. The van der Waals surface area contributed by atoms with Crippen molar-refractivity contribution in [3.63, 3.8) is 0 Å². The first-order chi connectivity index (χ1) is 11.0. The van der Waals surface area contributed by atoms with Crippen molar-refractivity contribution in [2.24, 2.45) is 11.7 Å². The number of benzene rings is 1. The van der Waals surface area contributed by atoms with E-state index in [4.69, 9.17) is 17.3 Å². The normalized spacial score (nSPS) is 17.3. The highest BCUT2D eigenvalue weighted by molar-refractivity contribution is 7.09. The summed E-state index contributed by atoms with van der Waals surface area (Å²) >= 11 is 7.39. The standard InChI is InChI=1S/C17H20ClN3OS/c1-10(19)17-20-14(9-23-17)16(22)21-15(11-3-2-4-11)12-5-7-13(18)8-6-12/h5-11,15H,2-4,19H2,1H3,(H,21,22). The summed E-state index contributed by atoms with van der Waals surface area (Å²) in [5.41, 5.74) is 7.35. The molecule has 2 unspecified atom stereocenters. The van der Waals surface area contributed by atoms with Crippen LogP contribution in [-0.2, 0) is 0 Å². The molecule has 1 aromatic heterocycles. The first kappa shape index (κ1) is 16.4. The second kappa shape index (κ2) is 6.99. The molecule has 3 rings (SSSR count). The van der Waals surface area contributed by atoms with Gasteiger partial charge in [0.05, 0.1) is 12.1 Å². The lowest BCUT2D eigenvalue weighted by Gasteiger charge is -2.34. The Labute approximate surface area is 145 Å². The predicted octanol–water partition coefficient (Wildman–Crippen LogP) is 4.09. The Balaban J connectivity index is 1.77. The number of nitrogens with two attached hydrogens (primary N) is 1. The van der Waals surface area contributed by atoms with Gasteiger partial charge in [0.15, 0.2) is 0 Å². The Bertz CT molecular complexity index is 679. The number of carbonyl (C=O) groups excluding carboxylic acids is 1. The first-order valence-corrected chi connectivity index (χ1v) is 9.07. The highest BCUT2D eigenvalue weighted by atomic mass is 35.5. The minimum absolute atomic E-state index is 0.00830. The van der Waals surface area contributed by atoms with Crippen molar-refractivity contribution < 1.29 is 4.79 Å². The third kappa shape index (κ3) is 3.74. The maximum atomic E-state index is 12.5. The maximum absolute atomic E-state index is 12.5. The molecule has 2 atom stereocenters. The Hall–Kier alpha value is -1.43. The Morgan fingerprint density at radius 3 is 2.61 bits per heavy atom. The van der Waals surface area contributed by atoms with Gasteiger partial charge in [0, 0.05) is 10.4 Å². The maximum Gasteiger partial charge on any atom is 0.271 e. The van der Waals surface area contributed by atoms with Crippen molar-refractivity contribution in [1.29, 1.82) is 0 Å². The fourth-order valence-electron chi connectivity index (χ4n) is 2.73. The molecule has 0 spiro atoms. The fraction of sp³-hybridized carbons (Fsp3) is 0.412. The van der Waals surface area contributed by atoms with Crippen LogP contribution in [0, 0.1) is 5.92 Å². The Morgan fingerprint density at radius 1 is 1.39 bits per heavy atom. The number of rotatable bonds is 5. The van der Waals surface area contributed by atoms with Gasteiger partial charge in [-0.15, -0.1) is 11.3 Å². The van der Waals surface area contributed by atoms with Gasteiger partial charge in [0.1, 0.15) is 10.7 Å². The number of halogens is 1. The zero-order valence-electron chi connectivity index (χ0n) is 13.0. The number of thiazole rings is 1. The molecule has 4 nitrogen and oxygen atoms in total. The molecule has 1 fully saturated rings. The Morgan fingerprint density at radius 2 is 2.09 bits per heavy atom. The van der Waals surface area contributed by atoms with Crippen LogP contribution >= 0.6 is 22.9 Å². The molecule has 2 aromatic rings. The highest BCUT2D eigenvalue weighted by Gasteiger charge is 2.30. The molecule has 0 aliphatic heterocycles. The van der Waals surface area contributed by atoms with Crippen molar-refractivity contribution in [2.45, 2.75) is 38.3 Å². The molecule has 3 N–H and O–H groups in total. The van der Waals surface area contributed by atoms with E-state index in [1.165, 1.54) is 17.8 Å². The fourth-order valence-corrected chi connectivity index (χ4v) is 3.62. The summed E-state index contributed by atoms with van der Waals surface area (Å²) in [6, 6.07) is 7.56. The van der Waals surface area contributed by atoms with E-state index in [-0.39, 0.29) is 18.0 Å². The molecule has 1 amide bonds. The summed E-state index contributed by atoms with van der Waals surface area (Å²) in [4.78, 5) is 16.9. The Kier molecular flexibility index (Phi) is 4.99. The van der Waals surface area contributed by atoms with Crippen LogP contribution < -0.4 is 11.1 Å². The lowest BCUT2D eigenvalue weighted by atomic mass is 9.77. The zero-order chi connectivity index (χ0) is 16.4. The van der Waals surface area contributed by atoms with Crippen LogP contribution in [0.4, 0.5) is 0 Å². The summed E-state index contributed by atoms with van der Waals surface area (Å²) < 4.78 is 0. The molecule has 0 bridgehead atoms. The van der Waals surface area contributed by atoms with E-state index in [1.807, 2.05) is 31.2 Å². The van der Waals surface area contributed by atoms with E-state index in [0.717, 1.165) is 23.4 Å². The third-order valence-corrected chi connectivity index (χ3v) is 5.58. The highest BCUT2D eigenvalue weighted by Crippen LogP contribution is 2.38. The number of nitrogens with zero attached hydrogens (tertiary/aromatic N) is 1. The predicted molar refractivity (Wildman–Crippen MR) is 93.7 cm³/mol. The van der Waals surface area contributed by atoms with Gasteiger partial charge in [-0.3, -0.25) is 4.79 Å². The lowest BCUT2D eigenvalue weighted by Crippen LogP contribution is -2.36. The van der Waals surface area contributed by atoms with E-state index in [2.05, 4.69) is 10.3 Å². The van der Waals surface area contributed by atoms with Gasteiger partial charge in [-0.2, -0.15) is 0 Å². The molecule has 23 heavy (non-hydrogen) atoms. The lowest BCUT2D eigenvalue weighted by molar-refractivity contribution is 0.0896. The van der Waals surface area contributed by atoms with Crippen LogP contribution in [0.15, 0.2) is 29.6 Å². The van der Waals surface area contributed by atoms with Crippen LogP contribution in [-0.4, -0.2) is 10.9 Å². The molecule has 1 aliphatic rings. The first-order valence-electron chi connectivity index (χ1n) is 7.82. The molecule has 1 aromatic carbocycles. The van der Waals surface area contributed by atoms with Crippen molar-refractivity contribution in [3.05, 3.63) is 50.9 Å². The molecular formula is C17H20ClN3OS. The topological polar surface area (TPSA) is 68.0 Å². The molecular weight excluding hydrogens is 330 g/mol. The monoisotopic (exact) mass is 349 g/mol. The van der Waals surface area contributed by atoms with Gasteiger partial charge < -0.3 is 11.1 Å². The summed E-state index contributed by atoms with van der Waals surface area (Å²) in [6.45, 7) is 1.87. The van der Waals surface area contributed by atoms with E-state index >= 15 is 0 Å². The summed E-state index contributed by atoms with van der Waals surface area (Å²) in [5.74, 6) is 0.340. The molecule has 0 radical (unpaired) electrons. The molecule has 1 aliphatic carbocycles. The van der Waals surface area contributed by atoms with Gasteiger partial charge in [-0.25, -0.2) is 4.98 Å². The van der Waals surface area contributed by atoms with Crippen LogP contribution in [0.1, 0.15) is 59.3 Å². The summed E-state index contributed by atoms with van der Waals surface area (Å²) in [7, 11) is 0. The third-order valence-electron chi connectivity index (χ3n) is 4.28. The van der Waals surface area contributed by atoms with Crippen LogP contribution in [0.3, 0.4) is 0 Å². The average molecular weight is 350 g/mol. The molecule has 6 heteroatoms. The number of nitrogens with one attached hydrogen (secondary N) is 1. The minimum atomic E-state index is -0.153. The van der Waals surface area contributed by atoms with Gasteiger partial charge >= 0.3 is 0 Å². The number of carbonyl (C=O) groups is 1. The molecule has 1 saturated carbocycles. The summed E-state index contributed by atoms with van der Waals surface area (Å²) in [5, 5.41) is 6.40. The second-order valence-corrected chi connectivity index (χ2v) is 7.38. The van der Waals surface area contributed by atoms with E-state index in [9.17, 15) is 4.79 Å². The van der Waals surface area contributed by atoms with Crippen molar-refractivity contribution in [2.75, 3.05) is 0 Å².